The molecule has 0 bridgehead atoms. The molecule has 0 saturated heterocycles. The third-order valence-corrected chi connectivity index (χ3v) is 3.41. The maximum atomic E-state index is 13.0. The van der Waals surface area contributed by atoms with Gasteiger partial charge in [-0.2, -0.15) is 0 Å². The van der Waals surface area contributed by atoms with Gasteiger partial charge in [-0.05, 0) is 33.6 Å². The molecule has 17 heavy (non-hydrogen) atoms. The third-order valence-electron chi connectivity index (χ3n) is 2.18. The number of hydrogen-bond acceptors (Lipinski definition) is 2. The standard InChI is InChI=1S/C11H7BrClFN2O/c12-9-10(13)15-6-16(11(9)17)5-7-2-1-3-8(14)4-7/h1-4,6H,5H2. The minimum atomic E-state index is -0.337. The summed E-state index contributed by atoms with van der Waals surface area (Å²) >= 11 is 8.74. The van der Waals surface area contributed by atoms with E-state index in [0.29, 0.717) is 5.56 Å². The molecule has 0 fully saturated rings. The summed E-state index contributed by atoms with van der Waals surface area (Å²) in [6.45, 7) is 0.249. The average molecular weight is 318 g/mol. The molecule has 1 aromatic carbocycles. The normalized spacial score (nSPS) is 10.5. The molecule has 0 spiro atoms. The second kappa shape index (κ2) is 4.98. The SMILES string of the molecule is O=c1c(Br)c(Cl)ncn1Cc1cccc(F)c1. The molecule has 0 unspecified atom stereocenters. The monoisotopic (exact) mass is 316 g/mol. The Labute approximate surface area is 110 Å². The maximum Gasteiger partial charge on any atom is 0.269 e. The topological polar surface area (TPSA) is 34.9 Å². The molecule has 0 atom stereocenters. The van der Waals surface area contributed by atoms with Gasteiger partial charge in [0.05, 0.1) is 12.9 Å². The molecule has 0 amide bonds. The first-order chi connectivity index (χ1) is 8.08. The highest BCUT2D eigenvalue weighted by molar-refractivity contribution is 9.10. The van der Waals surface area contributed by atoms with Gasteiger partial charge in [-0.15, -0.1) is 0 Å². The average Bonchev–Trinajstić information content (AvgIpc) is 2.30. The van der Waals surface area contributed by atoms with Crippen LogP contribution in [-0.2, 0) is 6.54 Å². The highest BCUT2D eigenvalue weighted by atomic mass is 79.9. The van der Waals surface area contributed by atoms with E-state index in [1.165, 1.54) is 23.0 Å². The predicted molar refractivity (Wildman–Crippen MR) is 66.7 cm³/mol. The smallest absolute Gasteiger partial charge is 0.269 e. The van der Waals surface area contributed by atoms with Crippen LogP contribution in [0, 0.1) is 5.82 Å². The lowest BCUT2D eigenvalue weighted by atomic mass is 10.2. The largest absolute Gasteiger partial charge is 0.294 e. The van der Waals surface area contributed by atoms with Gasteiger partial charge in [0.15, 0.2) is 5.15 Å². The molecule has 88 valence electrons. The molecule has 0 aliphatic rings. The summed E-state index contributed by atoms with van der Waals surface area (Å²) < 4.78 is 14.5. The Morgan fingerprint density at radius 3 is 2.94 bits per heavy atom. The zero-order chi connectivity index (χ0) is 12.4. The van der Waals surface area contributed by atoms with Crippen LogP contribution in [0.3, 0.4) is 0 Å². The first-order valence-electron chi connectivity index (χ1n) is 4.73. The number of rotatable bonds is 2. The van der Waals surface area contributed by atoms with Crippen LogP contribution in [0.1, 0.15) is 5.56 Å². The summed E-state index contributed by atoms with van der Waals surface area (Å²) in [4.78, 5) is 15.6. The van der Waals surface area contributed by atoms with Crippen LogP contribution in [0.4, 0.5) is 4.39 Å². The van der Waals surface area contributed by atoms with Gasteiger partial charge >= 0.3 is 0 Å². The second-order valence-electron chi connectivity index (χ2n) is 3.41. The highest BCUT2D eigenvalue weighted by Gasteiger charge is 2.07. The quantitative estimate of drug-likeness (QED) is 0.798. The summed E-state index contributed by atoms with van der Waals surface area (Å²) in [6, 6.07) is 6.05. The Bertz CT molecular complexity index is 615. The molecule has 1 aromatic heterocycles. The van der Waals surface area contributed by atoms with E-state index in [4.69, 9.17) is 11.6 Å². The van der Waals surface area contributed by atoms with Gasteiger partial charge in [-0.25, -0.2) is 9.37 Å². The summed E-state index contributed by atoms with van der Waals surface area (Å²) in [6.07, 6.45) is 1.33. The van der Waals surface area contributed by atoms with Crippen molar-refractivity contribution in [3.63, 3.8) is 0 Å². The first kappa shape index (κ1) is 12.3. The number of nitrogens with zero attached hydrogens (tertiary/aromatic N) is 2. The lowest BCUT2D eigenvalue weighted by molar-refractivity contribution is 0.622. The molecule has 0 aliphatic carbocycles. The molecule has 6 heteroatoms. The van der Waals surface area contributed by atoms with E-state index in [2.05, 4.69) is 20.9 Å². The lowest BCUT2D eigenvalue weighted by Gasteiger charge is -2.06. The van der Waals surface area contributed by atoms with Crippen LogP contribution in [0.5, 0.6) is 0 Å². The third kappa shape index (κ3) is 2.73. The van der Waals surface area contributed by atoms with E-state index in [9.17, 15) is 9.18 Å². The van der Waals surface area contributed by atoms with Crippen LogP contribution in [0.15, 0.2) is 39.9 Å². The van der Waals surface area contributed by atoms with Crippen molar-refractivity contribution in [2.24, 2.45) is 0 Å². The van der Waals surface area contributed by atoms with Crippen LogP contribution < -0.4 is 5.56 Å². The van der Waals surface area contributed by atoms with Crippen molar-refractivity contribution in [3.8, 4) is 0 Å². The lowest BCUT2D eigenvalue weighted by Crippen LogP contribution is -2.21. The fourth-order valence-electron chi connectivity index (χ4n) is 1.39. The Morgan fingerprint density at radius 1 is 1.47 bits per heavy atom. The number of halogens is 3. The fraction of sp³-hybridized carbons (Fsp3) is 0.0909. The molecule has 1 heterocycles. The van der Waals surface area contributed by atoms with Crippen LogP contribution in [0.2, 0.25) is 5.15 Å². The fourth-order valence-corrected chi connectivity index (χ4v) is 1.84. The van der Waals surface area contributed by atoms with Crippen molar-refractivity contribution in [3.05, 3.63) is 62.0 Å². The first-order valence-corrected chi connectivity index (χ1v) is 5.90. The van der Waals surface area contributed by atoms with E-state index in [1.54, 1.807) is 12.1 Å². The van der Waals surface area contributed by atoms with Crippen molar-refractivity contribution < 1.29 is 4.39 Å². The molecule has 0 radical (unpaired) electrons. The molecular formula is C11H7BrClFN2O. The van der Waals surface area contributed by atoms with Gasteiger partial charge in [0, 0.05) is 0 Å². The zero-order valence-corrected chi connectivity index (χ0v) is 10.9. The van der Waals surface area contributed by atoms with E-state index < -0.39 is 0 Å². The minimum Gasteiger partial charge on any atom is -0.294 e. The molecule has 2 rings (SSSR count). The van der Waals surface area contributed by atoms with Crippen LogP contribution in [0.25, 0.3) is 0 Å². The predicted octanol–water partition coefficient (Wildman–Crippen LogP) is 2.85. The molecular weight excluding hydrogens is 310 g/mol. The molecule has 2 aromatic rings. The van der Waals surface area contributed by atoms with Crippen molar-refractivity contribution >= 4 is 27.5 Å². The maximum absolute atomic E-state index is 13.0. The summed E-state index contributed by atoms with van der Waals surface area (Å²) in [7, 11) is 0. The van der Waals surface area contributed by atoms with E-state index in [0.717, 1.165) is 0 Å². The van der Waals surface area contributed by atoms with Gasteiger partial charge in [-0.1, -0.05) is 23.7 Å². The summed E-state index contributed by atoms with van der Waals surface area (Å²) in [5, 5.41) is 0.116. The van der Waals surface area contributed by atoms with E-state index in [1.807, 2.05) is 0 Å². The molecule has 0 saturated carbocycles. The van der Waals surface area contributed by atoms with Crippen LogP contribution >= 0.6 is 27.5 Å². The van der Waals surface area contributed by atoms with Gasteiger partial charge in [0.25, 0.3) is 5.56 Å². The summed E-state index contributed by atoms with van der Waals surface area (Å²) in [5.41, 5.74) is 0.386. The van der Waals surface area contributed by atoms with Crippen molar-refractivity contribution in [1.82, 2.24) is 9.55 Å². The molecule has 0 N–H and O–H groups in total. The van der Waals surface area contributed by atoms with Gasteiger partial charge in [-0.3, -0.25) is 9.36 Å². The Hall–Kier alpha value is -1.20. The highest BCUT2D eigenvalue weighted by Crippen LogP contribution is 2.14. The second-order valence-corrected chi connectivity index (χ2v) is 4.56. The zero-order valence-electron chi connectivity index (χ0n) is 8.53. The van der Waals surface area contributed by atoms with Crippen molar-refractivity contribution in [1.29, 1.82) is 0 Å². The number of benzene rings is 1. The van der Waals surface area contributed by atoms with Crippen molar-refractivity contribution in [2.75, 3.05) is 0 Å². The Morgan fingerprint density at radius 2 is 2.24 bits per heavy atom. The minimum absolute atomic E-state index is 0.116. The number of aromatic nitrogens is 2. The number of hydrogen-bond donors (Lipinski definition) is 0. The summed E-state index contributed by atoms with van der Waals surface area (Å²) in [5.74, 6) is -0.337. The van der Waals surface area contributed by atoms with Crippen LogP contribution in [-0.4, -0.2) is 9.55 Å². The van der Waals surface area contributed by atoms with Gasteiger partial charge in [0.2, 0.25) is 0 Å². The Kier molecular flexibility index (Phi) is 3.59. The van der Waals surface area contributed by atoms with Gasteiger partial charge in [0.1, 0.15) is 10.3 Å². The van der Waals surface area contributed by atoms with Crippen molar-refractivity contribution in [2.45, 2.75) is 6.54 Å². The van der Waals surface area contributed by atoms with Gasteiger partial charge < -0.3 is 0 Å². The molecule has 3 nitrogen and oxygen atoms in total. The molecule has 0 aliphatic heterocycles. The van der Waals surface area contributed by atoms with E-state index in [-0.39, 0.29) is 27.5 Å². The van der Waals surface area contributed by atoms with E-state index >= 15 is 0 Å². The Balaban J connectivity index is 2.37.